The van der Waals surface area contributed by atoms with Crippen LogP contribution in [0.2, 0.25) is 0 Å². The third kappa shape index (κ3) is 3.29. The van der Waals surface area contributed by atoms with Crippen molar-refractivity contribution < 1.29 is 9.53 Å². The van der Waals surface area contributed by atoms with Crippen LogP contribution in [-0.2, 0) is 4.74 Å². The average Bonchev–Trinajstić information content (AvgIpc) is 3.31. The van der Waals surface area contributed by atoms with Crippen molar-refractivity contribution >= 4 is 16.7 Å². The van der Waals surface area contributed by atoms with Gasteiger partial charge in [-0.2, -0.15) is 0 Å². The molecule has 7 heteroatoms. The number of nitrogens with zero attached hydrogens (tertiary/aromatic N) is 5. The quantitative estimate of drug-likeness (QED) is 0.640. The molecule has 0 N–H and O–H groups in total. The predicted octanol–water partition coefficient (Wildman–Crippen LogP) is 3.55. The molecule has 7 nitrogen and oxygen atoms in total. The summed E-state index contributed by atoms with van der Waals surface area (Å²) in [6, 6.07) is 7.92. The molecule has 1 fully saturated rings. The second-order valence-corrected chi connectivity index (χ2v) is 7.78. The maximum atomic E-state index is 13.5. The second-order valence-electron chi connectivity index (χ2n) is 7.78. The molecule has 1 aliphatic rings. The first kappa shape index (κ1) is 19.5. The van der Waals surface area contributed by atoms with Crippen molar-refractivity contribution in [2.24, 2.45) is 0 Å². The molecular weight excluding hydrogens is 366 g/mol. The number of ether oxygens (including phenoxy) is 1. The molecular formula is C22H27N5O2. The smallest absolute Gasteiger partial charge is 0.276 e. The van der Waals surface area contributed by atoms with Crippen molar-refractivity contribution in [3.8, 4) is 5.69 Å². The minimum absolute atomic E-state index is 0.0568. The largest absolute Gasteiger partial charge is 0.382 e. The molecule has 3 heterocycles. The van der Waals surface area contributed by atoms with Crippen molar-refractivity contribution in [1.29, 1.82) is 0 Å². The Balaban J connectivity index is 1.72. The number of carbonyl (C=O) groups is 1. The highest BCUT2D eigenvalue weighted by Gasteiger charge is 2.44. The molecule has 2 aromatic heterocycles. The molecule has 0 spiro atoms. The molecule has 4 rings (SSSR count). The van der Waals surface area contributed by atoms with E-state index in [1.54, 1.807) is 18.0 Å². The number of methoxy groups -OCH3 is 1. The number of hydrogen-bond acceptors (Lipinski definition) is 5. The highest BCUT2D eigenvalue weighted by molar-refractivity contribution is 5.95. The van der Waals surface area contributed by atoms with E-state index >= 15 is 0 Å². The number of likely N-dealkylation sites (tertiary alicyclic amines) is 1. The number of pyridine rings is 1. The number of amides is 1. The van der Waals surface area contributed by atoms with E-state index in [4.69, 9.17) is 4.74 Å². The van der Waals surface area contributed by atoms with Crippen LogP contribution < -0.4 is 0 Å². The average molecular weight is 393 g/mol. The number of hydrogen-bond donors (Lipinski definition) is 0. The summed E-state index contributed by atoms with van der Waals surface area (Å²) < 4.78 is 7.26. The van der Waals surface area contributed by atoms with Crippen LogP contribution in [-0.4, -0.2) is 56.6 Å². The third-order valence-corrected chi connectivity index (χ3v) is 5.95. The molecule has 1 aliphatic heterocycles. The number of rotatable bonds is 6. The molecule has 152 valence electrons. The first-order chi connectivity index (χ1) is 14.1. The highest BCUT2D eigenvalue weighted by Crippen LogP contribution is 2.35. The van der Waals surface area contributed by atoms with Gasteiger partial charge in [-0.3, -0.25) is 9.78 Å². The van der Waals surface area contributed by atoms with E-state index in [9.17, 15) is 4.79 Å². The standard InChI is InChI=1S/C22H27N5O2/c1-4-10-22(15-29-3)11-6-13-26(22)21(28)20-16(2)27(25-24-20)19-8-5-7-17-14-23-12-9-18(17)19/h5,7-9,12,14H,4,6,10-11,13,15H2,1-3H3. The Labute approximate surface area is 170 Å². The fourth-order valence-corrected chi connectivity index (χ4v) is 4.65. The third-order valence-electron chi connectivity index (χ3n) is 5.95. The lowest BCUT2D eigenvalue weighted by Crippen LogP contribution is -2.50. The molecule has 0 radical (unpaired) electrons. The molecule has 0 bridgehead atoms. The summed E-state index contributed by atoms with van der Waals surface area (Å²) >= 11 is 0. The van der Waals surface area contributed by atoms with Gasteiger partial charge in [0, 0.05) is 36.8 Å². The van der Waals surface area contributed by atoms with E-state index in [2.05, 4.69) is 22.2 Å². The van der Waals surface area contributed by atoms with E-state index in [-0.39, 0.29) is 11.4 Å². The molecule has 29 heavy (non-hydrogen) atoms. The minimum Gasteiger partial charge on any atom is -0.382 e. The highest BCUT2D eigenvalue weighted by atomic mass is 16.5. The molecule has 0 aliphatic carbocycles. The minimum atomic E-state index is -0.248. The van der Waals surface area contributed by atoms with Crippen molar-refractivity contribution in [1.82, 2.24) is 24.9 Å². The van der Waals surface area contributed by atoms with Crippen LogP contribution in [0.1, 0.15) is 48.8 Å². The molecule has 1 saturated heterocycles. The van der Waals surface area contributed by atoms with Crippen LogP contribution in [0.15, 0.2) is 36.7 Å². The first-order valence-corrected chi connectivity index (χ1v) is 10.2. The van der Waals surface area contributed by atoms with Gasteiger partial charge in [0.2, 0.25) is 0 Å². The van der Waals surface area contributed by atoms with Crippen molar-refractivity contribution in [3.63, 3.8) is 0 Å². The van der Waals surface area contributed by atoms with Crippen LogP contribution in [0.5, 0.6) is 0 Å². The monoisotopic (exact) mass is 393 g/mol. The Morgan fingerprint density at radius 1 is 1.31 bits per heavy atom. The summed E-state index contributed by atoms with van der Waals surface area (Å²) in [5, 5.41) is 10.7. The van der Waals surface area contributed by atoms with Gasteiger partial charge in [-0.15, -0.1) is 5.10 Å². The van der Waals surface area contributed by atoms with Gasteiger partial charge < -0.3 is 9.64 Å². The molecule has 1 aromatic carbocycles. The molecule has 3 aromatic rings. The second kappa shape index (κ2) is 7.91. The molecule has 1 atom stereocenters. The van der Waals surface area contributed by atoms with E-state index < -0.39 is 0 Å². The summed E-state index contributed by atoms with van der Waals surface area (Å²) in [7, 11) is 1.70. The van der Waals surface area contributed by atoms with Gasteiger partial charge in [-0.25, -0.2) is 4.68 Å². The Bertz CT molecular complexity index is 1020. The predicted molar refractivity (Wildman–Crippen MR) is 111 cm³/mol. The van der Waals surface area contributed by atoms with E-state index in [0.29, 0.717) is 12.3 Å². The summed E-state index contributed by atoms with van der Waals surface area (Å²) in [6.07, 6.45) is 7.46. The first-order valence-electron chi connectivity index (χ1n) is 10.2. The number of aromatic nitrogens is 4. The van der Waals surface area contributed by atoms with Crippen LogP contribution >= 0.6 is 0 Å². The Morgan fingerprint density at radius 2 is 2.17 bits per heavy atom. The van der Waals surface area contributed by atoms with Gasteiger partial charge >= 0.3 is 0 Å². The van der Waals surface area contributed by atoms with Crippen LogP contribution in [0.3, 0.4) is 0 Å². The summed E-state index contributed by atoms with van der Waals surface area (Å²) in [5.74, 6) is -0.0568. The zero-order chi connectivity index (χ0) is 20.4. The van der Waals surface area contributed by atoms with Crippen LogP contribution in [0.25, 0.3) is 16.5 Å². The fourth-order valence-electron chi connectivity index (χ4n) is 4.65. The maximum absolute atomic E-state index is 13.5. The van der Waals surface area contributed by atoms with Crippen molar-refractivity contribution in [2.45, 2.75) is 45.1 Å². The van der Waals surface area contributed by atoms with Crippen LogP contribution in [0, 0.1) is 6.92 Å². The van der Waals surface area contributed by atoms with Gasteiger partial charge in [-0.05, 0) is 38.3 Å². The van der Waals surface area contributed by atoms with Gasteiger partial charge in [0.25, 0.3) is 5.91 Å². The lowest BCUT2D eigenvalue weighted by Gasteiger charge is -2.37. The fraction of sp³-hybridized carbons (Fsp3) is 0.455. The summed E-state index contributed by atoms with van der Waals surface area (Å²) in [5.41, 5.74) is 1.80. The number of benzene rings is 1. The lowest BCUT2D eigenvalue weighted by molar-refractivity contribution is 0.0249. The van der Waals surface area contributed by atoms with Crippen molar-refractivity contribution in [3.05, 3.63) is 48.0 Å². The molecule has 1 amide bonds. The zero-order valence-corrected chi connectivity index (χ0v) is 17.3. The number of carbonyl (C=O) groups excluding carboxylic acids is 1. The Hall–Kier alpha value is -2.80. The Kier molecular flexibility index (Phi) is 5.32. The van der Waals surface area contributed by atoms with Gasteiger partial charge in [0.1, 0.15) is 0 Å². The summed E-state index contributed by atoms with van der Waals surface area (Å²) in [4.78, 5) is 19.6. The normalized spacial score (nSPS) is 19.2. The number of fused-ring (bicyclic) bond motifs is 1. The van der Waals surface area contributed by atoms with Gasteiger partial charge in [-0.1, -0.05) is 30.7 Å². The van der Waals surface area contributed by atoms with Gasteiger partial charge in [0.05, 0.1) is 23.5 Å². The maximum Gasteiger partial charge on any atom is 0.276 e. The Morgan fingerprint density at radius 3 is 2.97 bits per heavy atom. The van der Waals surface area contributed by atoms with E-state index in [1.807, 2.05) is 42.3 Å². The topological polar surface area (TPSA) is 73.1 Å². The SMILES string of the molecule is CCCC1(COC)CCCN1C(=O)c1nnn(-c2cccc3cnccc23)c1C. The lowest BCUT2D eigenvalue weighted by atomic mass is 9.91. The zero-order valence-electron chi connectivity index (χ0n) is 17.3. The van der Waals surface area contributed by atoms with Crippen molar-refractivity contribution in [2.75, 3.05) is 20.3 Å². The summed E-state index contributed by atoms with van der Waals surface area (Å²) in [6.45, 7) is 5.33. The van der Waals surface area contributed by atoms with E-state index in [0.717, 1.165) is 54.4 Å². The van der Waals surface area contributed by atoms with E-state index in [1.165, 1.54) is 0 Å². The molecule has 0 saturated carbocycles. The van der Waals surface area contributed by atoms with Crippen LogP contribution in [0.4, 0.5) is 0 Å². The van der Waals surface area contributed by atoms with Gasteiger partial charge in [0.15, 0.2) is 5.69 Å². The molecule has 1 unspecified atom stereocenters.